The largest absolute Gasteiger partial charge is 0.378 e. The third kappa shape index (κ3) is 5.81. The van der Waals surface area contributed by atoms with Crippen molar-refractivity contribution in [1.29, 1.82) is 0 Å². The third-order valence-electron chi connectivity index (χ3n) is 9.10. The minimum Gasteiger partial charge on any atom is -0.378 e. The minimum absolute atomic E-state index is 0.106. The molecule has 0 unspecified atom stereocenters. The van der Waals surface area contributed by atoms with Gasteiger partial charge in [0.05, 0.1) is 41.1 Å². The fourth-order valence-electron chi connectivity index (χ4n) is 6.74. The number of nitrogens with one attached hydrogen (secondary N) is 2. The molecule has 11 nitrogen and oxygen atoms in total. The lowest BCUT2D eigenvalue weighted by Gasteiger charge is -2.39. The minimum atomic E-state index is -0.199. The molecular formula is C32H38N8O3S. The maximum Gasteiger partial charge on any atom is 0.243 e. The highest BCUT2D eigenvalue weighted by atomic mass is 32.1. The van der Waals surface area contributed by atoms with Gasteiger partial charge in [-0.05, 0) is 31.1 Å². The molecule has 3 fully saturated rings. The second kappa shape index (κ2) is 12.6. The van der Waals surface area contributed by atoms with Crippen molar-refractivity contribution in [2.24, 2.45) is 5.92 Å². The summed E-state index contributed by atoms with van der Waals surface area (Å²) in [6.45, 7) is 10.3. The summed E-state index contributed by atoms with van der Waals surface area (Å²) in [6, 6.07) is 8.17. The Hall–Kier alpha value is -3.87. The van der Waals surface area contributed by atoms with Crippen LogP contribution in [0, 0.1) is 5.92 Å². The quantitative estimate of drug-likeness (QED) is 0.303. The summed E-state index contributed by atoms with van der Waals surface area (Å²) in [6.07, 6.45) is 6.85. The molecule has 1 aromatic carbocycles. The lowest BCUT2D eigenvalue weighted by molar-refractivity contribution is -0.139. The van der Waals surface area contributed by atoms with E-state index in [1.165, 1.54) is 11.0 Å². The lowest BCUT2D eigenvalue weighted by Crippen LogP contribution is -2.54. The van der Waals surface area contributed by atoms with Crippen LogP contribution in [0.1, 0.15) is 30.6 Å². The predicted octanol–water partition coefficient (Wildman–Crippen LogP) is 3.58. The number of hydrogen-bond donors (Lipinski definition) is 2. The standard InChI is InChI=1S/C32H38N8O3S/c1-2-28(41)34-25-8-4-3-6-23(25)32(42)40-12-10-38(11-13-40)20-21-18-27-29(44-21)31(39-14-16-43-17-15-39)36-30(35-27)22-7-5-9-26-24(22)19-33-37-26/h2,5,7,9,18-19,23,25H,1,3-4,6,8,10-17,20H2,(H,33,37)(H,34,41)/t23-,25-/m1/s1. The molecule has 5 heterocycles. The molecule has 0 bridgehead atoms. The number of morpholine rings is 1. The van der Waals surface area contributed by atoms with E-state index in [1.807, 2.05) is 23.2 Å². The zero-order chi connectivity index (χ0) is 30.0. The molecule has 1 aliphatic carbocycles. The number of fused-ring (bicyclic) bond motifs is 2. The number of H-pyrrole nitrogens is 1. The van der Waals surface area contributed by atoms with Crippen LogP contribution in [0.2, 0.25) is 0 Å². The molecule has 2 amide bonds. The number of thiophene rings is 1. The van der Waals surface area contributed by atoms with E-state index in [2.05, 4.69) is 44.0 Å². The normalized spacial score (nSPS) is 21.5. The smallest absolute Gasteiger partial charge is 0.243 e. The summed E-state index contributed by atoms with van der Waals surface area (Å²) in [5, 5.41) is 11.3. The second-order valence-corrected chi connectivity index (χ2v) is 13.0. The van der Waals surface area contributed by atoms with Gasteiger partial charge in [-0.2, -0.15) is 5.10 Å². The fourth-order valence-corrected chi connectivity index (χ4v) is 7.89. The number of hydrogen-bond acceptors (Lipinski definition) is 9. The molecule has 2 saturated heterocycles. The molecule has 44 heavy (non-hydrogen) atoms. The predicted molar refractivity (Wildman–Crippen MR) is 171 cm³/mol. The maximum absolute atomic E-state index is 13.5. The van der Waals surface area contributed by atoms with Crippen LogP contribution in [0.5, 0.6) is 0 Å². The Balaban J connectivity index is 1.08. The highest BCUT2D eigenvalue weighted by molar-refractivity contribution is 7.19. The first-order valence-electron chi connectivity index (χ1n) is 15.6. The number of nitrogens with zero attached hydrogens (tertiary/aromatic N) is 6. The molecule has 3 aliphatic rings. The van der Waals surface area contributed by atoms with Gasteiger partial charge in [0.1, 0.15) is 0 Å². The molecule has 3 aromatic heterocycles. The number of aromatic nitrogens is 4. The number of rotatable bonds is 7. The monoisotopic (exact) mass is 614 g/mol. The number of amides is 2. The van der Waals surface area contributed by atoms with Crippen molar-refractivity contribution >= 4 is 50.1 Å². The Kier molecular flexibility index (Phi) is 8.28. The highest BCUT2D eigenvalue weighted by Crippen LogP contribution is 2.36. The number of aromatic amines is 1. The van der Waals surface area contributed by atoms with E-state index in [-0.39, 0.29) is 23.8 Å². The molecule has 4 aromatic rings. The van der Waals surface area contributed by atoms with Gasteiger partial charge in [-0.3, -0.25) is 19.6 Å². The number of piperazine rings is 1. The van der Waals surface area contributed by atoms with Gasteiger partial charge in [-0.25, -0.2) is 9.97 Å². The van der Waals surface area contributed by atoms with Gasteiger partial charge in [0.25, 0.3) is 0 Å². The van der Waals surface area contributed by atoms with Gasteiger partial charge in [-0.1, -0.05) is 31.6 Å². The van der Waals surface area contributed by atoms with Crippen LogP contribution in [0.4, 0.5) is 5.82 Å². The molecule has 2 atom stereocenters. The number of ether oxygens (including phenoxy) is 1. The summed E-state index contributed by atoms with van der Waals surface area (Å²) < 4.78 is 6.74. The Labute approximate surface area is 260 Å². The van der Waals surface area contributed by atoms with Crippen LogP contribution in [0.25, 0.3) is 32.5 Å². The zero-order valence-electron chi connectivity index (χ0n) is 24.8. The van der Waals surface area contributed by atoms with Crippen molar-refractivity contribution in [1.82, 2.24) is 35.3 Å². The molecule has 12 heteroatoms. The summed E-state index contributed by atoms with van der Waals surface area (Å²) in [4.78, 5) is 43.6. The van der Waals surface area contributed by atoms with E-state index >= 15 is 0 Å². The summed E-state index contributed by atoms with van der Waals surface area (Å²) in [7, 11) is 0. The van der Waals surface area contributed by atoms with Gasteiger partial charge in [0.2, 0.25) is 11.8 Å². The number of carbonyl (C=O) groups is 2. The molecule has 2 aliphatic heterocycles. The molecule has 0 spiro atoms. The molecule has 230 valence electrons. The number of benzene rings is 1. The van der Waals surface area contributed by atoms with Crippen molar-refractivity contribution in [2.75, 3.05) is 57.4 Å². The van der Waals surface area contributed by atoms with Crippen molar-refractivity contribution in [3.63, 3.8) is 0 Å². The molecule has 1 saturated carbocycles. The van der Waals surface area contributed by atoms with Gasteiger partial charge < -0.3 is 19.9 Å². The Morgan fingerprint density at radius 2 is 1.91 bits per heavy atom. The van der Waals surface area contributed by atoms with Gasteiger partial charge in [-0.15, -0.1) is 11.3 Å². The topological polar surface area (TPSA) is 120 Å². The van der Waals surface area contributed by atoms with Crippen LogP contribution in [0.15, 0.2) is 43.1 Å². The Morgan fingerprint density at radius 1 is 1.09 bits per heavy atom. The van der Waals surface area contributed by atoms with E-state index in [0.29, 0.717) is 32.1 Å². The van der Waals surface area contributed by atoms with Gasteiger partial charge in [0.15, 0.2) is 11.6 Å². The summed E-state index contributed by atoms with van der Waals surface area (Å²) in [5.74, 6) is 1.49. The average Bonchev–Trinajstić information content (AvgIpc) is 3.72. The first-order chi connectivity index (χ1) is 21.6. The van der Waals surface area contributed by atoms with Crippen LogP contribution < -0.4 is 10.2 Å². The number of anilines is 1. The molecule has 7 rings (SSSR count). The van der Waals surface area contributed by atoms with Crippen molar-refractivity contribution < 1.29 is 14.3 Å². The number of carbonyl (C=O) groups excluding carboxylic acids is 2. The van der Waals surface area contributed by atoms with Crippen LogP contribution >= 0.6 is 11.3 Å². The van der Waals surface area contributed by atoms with E-state index in [0.717, 1.165) is 90.9 Å². The zero-order valence-corrected chi connectivity index (χ0v) is 25.7. The highest BCUT2D eigenvalue weighted by Gasteiger charge is 2.35. The van der Waals surface area contributed by atoms with E-state index < -0.39 is 0 Å². The second-order valence-electron chi connectivity index (χ2n) is 11.8. The fraction of sp³-hybridized carbons (Fsp3) is 0.469. The first-order valence-corrected chi connectivity index (χ1v) is 16.4. The van der Waals surface area contributed by atoms with Crippen molar-refractivity contribution in [2.45, 2.75) is 38.3 Å². The summed E-state index contributed by atoms with van der Waals surface area (Å²) in [5.41, 5.74) is 2.88. The first kappa shape index (κ1) is 28.9. The average molecular weight is 615 g/mol. The van der Waals surface area contributed by atoms with Crippen molar-refractivity contribution in [3.05, 3.63) is 48.0 Å². The van der Waals surface area contributed by atoms with Crippen LogP contribution in [-0.2, 0) is 20.9 Å². The van der Waals surface area contributed by atoms with Gasteiger partial charge in [0, 0.05) is 67.7 Å². The van der Waals surface area contributed by atoms with Gasteiger partial charge >= 0.3 is 0 Å². The summed E-state index contributed by atoms with van der Waals surface area (Å²) >= 11 is 1.76. The lowest BCUT2D eigenvalue weighted by atomic mass is 9.83. The Morgan fingerprint density at radius 3 is 2.73 bits per heavy atom. The van der Waals surface area contributed by atoms with Crippen LogP contribution in [0.3, 0.4) is 0 Å². The molecule has 0 radical (unpaired) electrons. The maximum atomic E-state index is 13.5. The SMILES string of the molecule is C=CC(=O)N[C@@H]1CCCC[C@H]1C(=O)N1CCN(Cc2cc3nc(-c4cccc5[nH]ncc45)nc(N4CCOCC4)c3s2)CC1. The van der Waals surface area contributed by atoms with E-state index in [4.69, 9.17) is 14.7 Å². The van der Waals surface area contributed by atoms with Crippen LogP contribution in [-0.4, -0.2) is 100 Å². The van der Waals surface area contributed by atoms with Crippen molar-refractivity contribution in [3.8, 4) is 11.4 Å². The molecular weight excluding hydrogens is 576 g/mol. The third-order valence-corrected chi connectivity index (χ3v) is 10.2. The Bertz CT molecular complexity index is 1670. The molecule has 2 N–H and O–H groups in total. The van der Waals surface area contributed by atoms with E-state index in [1.54, 1.807) is 11.3 Å². The van der Waals surface area contributed by atoms with E-state index in [9.17, 15) is 9.59 Å².